The van der Waals surface area contributed by atoms with Crippen LogP contribution in [0.4, 0.5) is 5.82 Å². The maximum absolute atomic E-state index is 13.6. The summed E-state index contributed by atoms with van der Waals surface area (Å²) in [5.74, 6) is 7.12. The van der Waals surface area contributed by atoms with Crippen LogP contribution in [0.2, 0.25) is 0 Å². The number of Topliss-reactive ketones (excluding diaryl/α,β-unsaturated/α-hetero) is 1. The van der Waals surface area contributed by atoms with E-state index in [4.69, 9.17) is 9.47 Å². The normalized spacial score (nSPS) is 21.2. The summed E-state index contributed by atoms with van der Waals surface area (Å²) in [7, 11) is 3.30. The lowest BCUT2D eigenvalue weighted by molar-refractivity contribution is -0.148. The van der Waals surface area contributed by atoms with Crippen LogP contribution >= 0.6 is 0 Å². The largest absolute Gasteiger partial charge is 0.504 e. The van der Waals surface area contributed by atoms with Gasteiger partial charge in [-0.15, -0.1) is 0 Å². The molecular formula is C36H46N4O5. The minimum Gasteiger partial charge on any atom is -0.504 e. The molecule has 0 spiro atoms. The molecule has 240 valence electrons. The number of hydrogen-bond acceptors (Lipinski definition) is 9. The number of benzene rings is 1. The molecular weight excluding hydrogens is 568 g/mol. The van der Waals surface area contributed by atoms with E-state index in [2.05, 4.69) is 45.4 Å². The third-order valence-electron chi connectivity index (χ3n) is 8.53. The number of carbonyl (C=O) groups is 2. The number of esters is 1. The predicted octanol–water partition coefficient (Wildman–Crippen LogP) is 5.52. The van der Waals surface area contributed by atoms with Crippen molar-refractivity contribution in [3.8, 4) is 23.3 Å². The maximum atomic E-state index is 13.6. The molecule has 0 radical (unpaired) electrons. The Labute approximate surface area is 266 Å². The molecule has 3 heterocycles. The highest BCUT2D eigenvalue weighted by Crippen LogP contribution is 2.35. The summed E-state index contributed by atoms with van der Waals surface area (Å²) in [5.41, 5.74) is 5.31. The Morgan fingerprint density at radius 3 is 2.78 bits per heavy atom. The third-order valence-corrected chi connectivity index (χ3v) is 8.53. The highest BCUT2D eigenvalue weighted by Gasteiger charge is 2.24. The summed E-state index contributed by atoms with van der Waals surface area (Å²) in [5, 5.41) is 17.0. The van der Waals surface area contributed by atoms with Crippen LogP contribution in [0.25, 0.3) is 0 Å². The van der Waals surface area contributed by atoms with Crippen LogP contribution in [-0.4, -0.2) is 61.4 Å². The van der Waals surface area contributed by atoms with Crippen LogP contribution in [0.5, 0.6) is 11.5 Å². The molecule has 9 nitrogen and oxygen atoms in total. The summed E-state index contributed by atoms with van der Waals surface area (Å²) >= 11 is 0. The lowest BCUT2D eigenvalue weighted by Gasteiger charge is -2.22. The van der Waals surface area contributed by atoms with E-state index in [1.165, 1.54) is 30.7 Å². The van der Waals surface area contributed by atoms with Gasteiger partial charge in [-0.05, 0) is 91.6 Å². The Kier molecular flexibility index (Phi) is 12.6. The molecule has 2 bridgehead atoms. The number of methoxy groups -OCH3 is 1. The number of phenolic OH excluding ortho intramolecular Hbond substituents is 1. The van der Waals surface area contributed by atoms with Crippen LogP contribution in [0.3, 0.4) is 0 Å². The molecule has 2 aliphatic heterocycles. The van der Waals surface area contributed by atoms with Crippen LogP contribution in [0, 0.1) is 17.8 Å². The van der Waals surface area contributed by atoms with Crippen LogP contribution in [-0.2, 0) is 27.3 Å². The number of phenols is 1. The number of allylic oxidation sites excluding steroid dienone is 1. The minimum absolute atomic E-state index is 0.0412. The minimum atomic E-state index is -0.499. The Bertz CT molecular complexity index is 1470. The number of nitrogens with zero attached hydrogens (tertiary/aromatic N) is 2. The van der Waals surface area contributed by atoms with Gasteiger partial charge >= 0.3 is 5.97 Å². The first-order chi connectivity index (χ1) is 21.8. The zero-order valence-corrected chi connectivity index (χ0v) is 26.9. The number of ether oxygens (including phenoxy) is 2. The first-order valence-corrected chi connectivity index (χ1v) is 15.9. The van der Waals surface area contributed by atoms with E-state index < -0.39 is 12.0 Å². The van der Waals surface area contributed by atoms with Gasteiger partial charge in [-0.3, -0.25) is 14.6 Å². The van der Waals surface area contributed by atoms with Crippen LogP contribution < -0.4 is 15.4 Å². The second-order valence-corrected chi connectivity index (χ2v) is 11.9. The highest BCUT2D eigenvalue weighted by atomic mass is 16.5. The Morgan fingerprint density at radius 2 is 2.02 bits per heavy atom. The number of pyridine rings is 1. The van der Waals surface area contributed by atoms with Crippen LogP contribution in [0.15, 0.2) is 46.6 Å². The van der Waals surface area contributed by atoms with Gasteiger partial charge in [0.05, 0.1) is 26.1 Å². The topological polar surface area (TPSA) is 122 Å². The summed E-state index contributed by atoms with van der Waals surface area (Å²) in [6, 6.07) is 7.72. The van der Waals surface area contributed by atoms with E-state index in [1.54, 1.807) is 13.1 Å². The molecule has 0 saturated carbocycles. The van der Waals surface area contributed by atoms with Gasteiger partial charge in [0.2, 0.25) is 0 Å². The molecule has 9 heteroatoms. The first-order valence-electron chi connectivity index (χ1n) is 15.9. The van der Waals surface area contributed by atoms with E-state index >= 15 is 0 Å². The van der Waals surface area contributed by atoms with Crippen molar-refractivity contribution >= 4 is 23.8 Å². The molecule has 3 atom stereocenters. The number of aromatic hydroxyl groups is 1. The fourth-order valence-corrected chi connectivity index (χ4v) is 6.04. The number of aryl methyl sites for hydroxylation is 1. The van der Waals surface area contributed by atoms with Gasteiger partial charge in [0, 0.05) is 44.3 Å². The Morgan fingerprint density at radius 1 is 1.18 bits per heavy atom. The second kappa shape index (κ2) is 16.8. The second-order valence-electron chi connectivity index (χ2n) is 11.9. The molecule has 0 amide bonds. The molecule has 0 saturated heterocycles. The van der Waals surface area contributed by atoms with Crippen molar-refractivity contribution in [3.63, 3.8) is 0 Å². The van der Waals surface area contributed by atoms with Gasteiger partial charge in [-0.25, -0.2) is 4.98 Å². The van der Waals surface area contributed by atoms with Crippen molar-refractivity contribution in [3.05, 3.63) is 58.3 Å². The van der Waals surface area contributed by atoms with Crippen LogP contribution in [0.1, 0.15) is 81.4 Å². The standard InChI is InChI=1S/C36H46N4O5/c1-5-25-9-11-33(45-24(2)41)20-32(42)18-27(29-17-31(21-37-3)36(43)34(19-29)44-4)7-6-13-39-35-16-26(12-14-40-35)8-10-28-22-38-23-30(28)15-25/h12,14,16-17,19,23,25,27,33,37,43H,5,8-11,13,15,18,20-22H2,1-4H3,(H,39,40)/t25-,27-,33-/m1/s1. The van der Waals surface area contributed by atoms with Gasteiger partial charge in [0.25, 0.3) is 0 Å². The van der Waals surface area contributed by atoms with Crippen molar-refractivity contribution in [2.45, 2.75) is 83.8 Å². The average molecular weight is 615 g/mol. The SMILES string of the molecule is CC[C@@H]1CC[C@@H](OC(C)=O)CC(=O)C[C@H](c2cc(CNC)c(O)c(OC)c2)C#CCNc2cc(ccn2)CCC2=C(C=NC2)C1. The number of ketones is 1. The smallest absolute Gasteiger partial charge is 0.302 e. The molecule has 0 unspecified atom stereocenters. The van der Waals surface area contributed by atoms with Crippen molar-refractivity contribution < 1.29 is 24.2 Å². The number of aromatic nitrogens is 1. The maximum Gasteiger partial charge on any atom is 0.302 e. The highest BCUT2D eigenvalue weighted by molar-refractivity contribution is 5.82. The predicted molar refractivity (Wildman–Crippen MR) is 177 cm³/mol. The molecule has 0 fully saturated rings. The number of nitrogens with one attached hydrogen (secondary N) is 2. The number of hydrogen-bond donors (Lipinski definition) is 3. The molecule has 45 heavy (non-hydrogen) atoms. The zero-order chi connectivity index (χ0) is 32.2. The van der Waals surface area contributed by atoms with E-state index in [9.17, 15) is 14.7 Å². The lowest BCUT2D eigenvalue weighted by atomic mass is 9.87. The number of carbonyl (C=O) groups excluding carboxylic acids is 2. The molecule has 1 aromatic carbocycles. The quantitative estimate of drug-likeness (QED) is 0.287. The van der Waals surface area contributed by atoms with Crippen molar-refractivity contribution in [1.29, 1.82) is 0 Å². The fraction of sp³-hybridized carbons (Fsp3) is 0.500. The van der Waals surface area contributed by atoms with E-state index in [1.807, 2.05) is 24.5 Å². The van der Waals surface area contributed by atoms with Gasteiger partial charge < -0.3 is 25.2 Å². The van der Waals surface area contributed by atoms with Crippen molar-refractivity contribution in [1.82, 2.24) is 10.3 Å². The molecule has 0 aliphatic carbocycles. The van der Waals surface area contributed by atoms with E-state index in [0.29, 0.717) is 36.7 Å². The Balaban J connectivity index is 1.66. The molecule has 1 aromatic heterocycles. The molecule has 3 N–H and O–H groups in total. The number of fused-ring (bicyclic) bond motifs is 2. The summed E-state index contributed by atoms with van der Waals surface area (Å²) < 4.78 is 11.1. The van der Waals surface area contributed by atoms with Gasteiger partial charge in [-0.2, -0.15) is 0 Å². The molecule has 4 rings (SSSR count). The number of anilines is 1. The molecule has 2 aromatic rings. The summed E-state index contributed by atoms with van der Waals surface area (Å²) in [4.78, 5) is 34.7. The van der Waals surface area contributed by atoms with E-state index in [0.717, 1.165) is 50.0 Å². The molecule has 2 aliphatic rings. The number of rotatable bonds is 6. The Hall–Kier alpha value is -4.16. The fourth-order valence-electron chi connectivity index (χ4n) is 6.04. The van der Waals surface area contributed by atoms with Gasteiger partial charge in [0.15, 0.2) is 11.5 Å². The summed E-state index contributed by atoms with van der Waals surface area (Å²) in [6.45, 7) is 5.09. The third kappa shape index (κ3) is 9.92. The summed E-state index contributed by atoms with van der Waals surface area (Å²) in [6.07, 6.45) is 8.81. The monoisotopic (exact) mass is 614 g/mol. The number of aliphatic imine (C=N–C) groups is 1. The average Bonchev–Trinajstić information content (AvgIpc) is 3.46. The lowest BCUT2D eigenvalue weighted by Crippen LogP contribution is -2.22. The van der Waals surface area contributed by atoms with Crippen molar-refractivity contribution in [2.75, 3.05) is 32.6 Å². The van der Waals surface area contributed by atoms with Crippen molar-refractivity contribution in [2.24, 2.45) is 10.9 Å². The van der Waals surface area contributed by atoms with E-state index in [-0.39, 0.29) is 30.3 Å². The van der Waals surface area contributed by atoms with Gasteiger partial charge in [0.1, 0.15) is 17.7 Å². The van der Waals surface area contributed by atoms with Gasteiger partial charge in [-0.1, -0.05) is 25.2 Å². The zero-order valence-electron chi connectivity index (χ0n) is 26.9. The first kappa shape index (κ1) is 33.7.